The van der Waals surface area contributed by atoms with Crippen molar-refractivity contribution in [1.82, 2.24) is 24.4 Å². The molecule has 30 heavy (non-hydrogen) atoms. The standard InChI is InChI=1S/C21H22BrN5O2S/c1-2-25-8-10-26(11-9-25)17(14-5-3-6-15(22)13-14)18-20(28)27-21(30-18)23-19(24-27)16-7-4-12-29-16/h3-7,12-13,17,28H,2,8-11H2,1H3. The van der Waals surface area contributed by atoms with Crippen molar-refractivity contribution in [3.05, 3.63) is 57.6 Å². The van der Waals surface area contributed by atoms with E-state index in [1.54, 1.807) is 12.3 Å². The molecule has 1 aromatic carbocycles. The Morgan fingerprint density at radius 1 is 1.20 bits per heavy atom. The summed E-state index contributed by atoms with van der Waals surface area (Å²) in [7, 11) is 0. The van der Waals surface area contributed by atoms with Gasteiger partial charge >= 0.3 is 0 Å². The molecule has 1 atom stereocenters. The molecule has 1 N–H and O–H groups in total. The minimum Gasteiger partial charge on any atom is -0.492 e. The van der Waals surface area contributed by atoms with Crippen LogP contribution in [-0.2, 0) is 0 Å². The predicted octanol–water partition coefficient (Wildman–Crippen LogP) is 4.25. The summed E-state index contributed by atoms with van der Waals surface area (Å²) in [5, 5.41) is 15.6. The van der Waals surface area contributed by atoms with E-state index in [9.17, 15) is 5.11 Å². The van der Waals surface area contributed by atoms with E-state index in [1.807, 2.05) is 18.2 Å². The Labute approximate surface area is 186 Å². The van der Waals surface area contributed by atoms with Crippen LogP contribution in [0.1, 0.15) is 23.4 Å². The second-order valence-corrected chi connectivity index (χ2v) is 9.25. The van der Waals surface area contributed by atoms with Gasteiger partial charge in [-0.1, -0.05) is 46.3 Å². The third kappa shape index (κ3) is 3.56. The van der Waals surface area contributed by atoms with Crippen LogP contribution >= 0.6 is 27.3 Å². The number of nitrogens with zero attached hydrogens (tertiary/aromatic N) is 5. The summed E-state index contributed by atoms with van der Waals surface area (Å²) >= 11 is 5.08. The number of fused-ring (bicyclic) bond motifs is 1. The number of hydrogen-bond acceptors (Lipinski definition) is 7. The second-order valence-electron chi connectivity index (χ2n) is 7.32. The molecule has 3 aromatic heterocycles. The molecule has 1 unspecified atom stereocenters. The number of likely N-dealkylation sites (N-methyl/N-ethyl adjacent to an activating group) is 1. The summed E-state index contributed by atoms with van der Waals surface area (Å²) in [5.74, 6) is 1.21. The molecule has 156 valence electrons. The van der Waals surface area contributed by atoms with Gasteiger partial charge in [-0.3, -0.25) is 4.90 Å². The Hall–Kier alpha value is -2.20. The molecule has 0 spiro atoms. The number of piperazine rings is 1. The Morgan fingerprint density at radius 2 is 2.03 bits per heavy atom. The highest BCUT2D eigenvalue weighted by atomic mass is 79.9. The fourth-order valence-corrected chi connectivity index (χ4v) is 5.51. The van der Waals surface area contributed by atoms with E-state index in [4.69, 9.17) is 4.42 Å². The van der Waals surface area contributed by atoms with E-state index >= 15 is 0 Å². The SMILES string of the molecule is CCN1CCN(C(c2cccc(Br)c2)c2sc3nc(-c4ccco4)nn3c2O)CC1. The normalized spacial score (nSPS) is 17.0. The lowest BCUT2D eigenvalue weighted by Crippen LogP contribution is -2.47. The topological polar surface area (TPSA) is 70.0 Å². The van der Waals surface area contributed by atoms with Gasteiger partial charge in [0.25, 0.3) is 0 Å². The van der Waals surface area contributed by atoms with Gasteiger partial charge in [0.15, 0.2) is 5.76 Å². The monoisotopic (exact) mass is 487 g/mol. The van der Waals surface area contributed by atoms with Gasteiger partial charge in [0.1, 0.15) is 0 Å². The maximum absolute atomic E-state index is 11.1. The molecule has 0 aliphatic carbocycles. The molecule has 1 fully saturated rings. The highest BCUT2D eigenvalue weighted by Crippen LogP contribution is 2.41. The Balaban J connectivity index is 1.56. The molecule has 7 nitrogen and oxygen atoms in total. The molecule has 1 saturated heterocycles. The number of aromatic hydroxyl groups is 1. The minimum atomic E-state index is -0.0536. The van der Waals surface area contributed by atoms with Crippen LogP contribution in [0.3, 0.4) is 0 Å². The summed E-state index contributed by atoms with van der Waals surface area (Å²) < 4.78 is 7.94. The first-order valence-electron chi connectivity index (χ1n) is 9.98. The van der Waals surface area contributed by atoms with Crippen molar-refractivity contribution in [2.45, 2.75) is 13.0 Å². The zero-order valence-corrected chi connectivity index (χ0v) is 18.9. The van der Waals surface area contributed by atoms with Gasteiger partial charge in [-0.15, -0.1) is 5.10 Å². The first-order chi connectivity index (χ1) is 14.6. The molecule has 4 aromatic rings. The molecule has 0 saturated carbocycles. The van der Waals surface area contributed by atoms with Crippen molar-refractivity contribution in [2.75, 3.05) is 32.7 Å². The van der Waals surface area contributed by atoms with Gasteiger partial charge in [-0.2, -0.15) is 9.50 Å². The van der Waals surface area contributed by atoms with Crippen molar-refractivity contribution in [3.8, 4) is 17.5 Å². The summed E-state index contributed by atoms with van der Waals surface area (Å²) in [6, 6.07) is 11.9. The number of thiazole rings is 1. The van der Waals surface area contributed by atoms with E-state index in [0.717, 1.165) is 47.6 Å². The van der Waals surface area contributed by atoms with E-state index in [0.29, 0.717) is 16.5 Å². The smallest absolute Gasteiger partial charge is 0.230 e. The average Bonchev–Trinajstić information content (AvgIpc) is 3.48. The Morgan fingerprint density at radius 3 is 2.70 bits per heavy atom. The lowest BCUT2D eigenvalue weighted by atomic mass is 10.0. The lowest BCUT2D eigenvalue weighted by Gasteiger charge is -2.38. The number of benzene rings is 1. The van der Waals surface area contributed by atoms with Crippen LogP contribution in [0.2, 0.25) is 0 Å². The van der Waals surface area contributed by atoms with E-state index in [-0.39, 0.29) is 11.9 Å². The lowest BCUT2D eigenvalue weighted by molar-refractivity contribution is 0.113. The van der Waals surface area contributed by atoms with Crippen LogP contribution in [0, 0.1) is 0 Å². The zero-order chi connectivity index (χ0) is 20.7. The molecule has 9 heteroatoms. The number of furan rings is 1. The third-order valence-corrected chi connectivity index (χ3v) is 7.14. The van der Waals surface area contributed by atoms with Crippen LogP contribution in [0.25, 0.3) is 16.5 Å². The zero-order valence-electron chi connectivity index (χ0n) is 16.5. The number of hydrogen-bond donors (Lipinski definition) is 1. The second kappa shape index (κ2) is 8.14. The van der Waals surface area contributed by atoms with Crippen LogP contribution < -0.4 is 0 Å². The van der Waals surface area contributed by atoms with Crippen LogP contribution in [0.4, 0.5) is 0 Å². The summed E-state index contributed by atoms with van der Waals surface area (Å²) in [6.07, 6.45) is 1.59. The number of aromatic nitrogens is 3. The van der Waals surface area contributed by atoms with Gasteiger partial charge < -0.3 is 14.4 Å². The highest BCUT2D eigenvalue weighted by molar-refractivity contribution is 9.10. The van der Waals surface area contributed by atoms with Crippen molar-refractivity contribution in [1.29, 1.82) is 0 Å². The molecule has 1 aliphatic heterocycles. The van der Waals surface area contributed by atoms with E-state index < -0.39 is 0 Å². The van der Waals surface area contributed by atoms with Crippen molar-refractivity contribution in [3.63, 3.8) is 0 Å². The number of rotatable bonds is 5. The molecule has 5 rings (SSSR count). The molecule has 0 radical (unpaired) electrons. The third-order valence-electron chi connectivity index (χ3n) is 5.57. The molecule has 4 heterocycles. The fourth-order valence-electron chi connectivity index (χ4n) is 3.98. The van der Waals surface area contributed by atoms with Gasteiger partial charge in [0, 0.05) is 30.7 Å². The minimum absolute atomic E-state index is 0.0536. The highest BCUT2D eigenvalue weighted by Gasteiger charge is 2.31. The van der Waals surface area contributed by atoms with Crippen LogP contribution in [0.5, 0.6) is 5.88 Å². The van der Waals surface area contributed by atoms with Gasteiger partial charge in [-0.25, -0.2) is 0 Å². The fraction of sp³-hybridized carbons (Fsp3) is 0.333. The van der Waals surface area contributed by atoms with Crippen molar-refractivity contribution in [2.24, 2.45) is 0 Å². The largest absolute Gasteiger partial charge is 0.492 e. The van der Waals surface area contributed by atoms with Crippen molar-refractivity contribution < 1.29 is 9.52 Å². The van der Waals surface area contributed by atoms with E-state index in [2.05, 4.69) is 54.9 Å². The summed E-state index contributed by atoms with van der Waals surface area (Å²) in [6.45, 7) is 7.18. The maximum Gasteiger partial charge on any atom is 0.230 e. The van der Waals surface area contributed by atoms with Crippen LogP contribution in [0.15, 0.2) is 51.6 Å². The average molecular weight is 488 g/mol. The van der Waals surface area contributed by atoms with Gasteiger partial charge in [0.05, 0.1) is 17.2 Å². The Bertz CT molecular complexity index is 1150. The number of halogens is 1. The molecule has 1 aliphatic rings. The maximum atomic E-state index is 11.1. The summed E-state index contributed by atoms with van der Waals surface area (Å²) in [5.41, 5.74) is 1.14. The Kier molecular flexibility index (Phi) is 5.36. The van der Waals surface area contributed by atoms with Gasteiger partial charge in [-0.05, 0) is 36.4 Å². The quantitative estimate of drug-likeness (QED) is 0.453. The summed E-state index contributed by atoms with van der Waals surface area (Å²) in [4.78, 5) is 11.0. The first-order valence-corrected chi connectivity index (χ1v) is 11.6. The predicted molar refractivity (Wildman–Crippen MR) is 120 cm³/mol. The van der Waals surface area contributed by atoms with Crippen molar-refractivity contribution >= 4 is 32.2 Å². The first kappa shape index (κ1) is 19.7. The molecule has 0 amide bonds. The van der Waals surface area contributed by atoms with Crippen LogP contribution in [-0.4, -0.2) is 62.2 Å². The molecular weight excluding hydrogens is 466 g/mol. The molecule has 0 bridgehead atoms. The van der Waals surface area contributed by atoms with Gasteiger partial charge in [0.2, 0.25) is 16.7 Å². The van der Waals surface area contributed by atoms with E-state index in [1.165, 1.54) is 15.9 Å². The molecular formula is C21H22BrN5O2S.